The van der Waals surface area contributed by atoms with E-state index in [1.165, 1.54) is 12.8 Å². The van der Waals surface area contributed by atoms with E-state index in [1.54, 1.807) is 30.5 Å². The topological polar surface area (TPSA) is 42.4 Å². The van der Waals surface area contributed by atoms with Crippen molar-refractivity contribution in [1.29, 1.82) is 0 Å². The molecule has 0 saturated heterocycles. The predicted molar refractivity (Wildman–Crippen MR) is 135 cm³/mol. The van der Waals surface area contributed by atoms with Crippen LogP contribution in [0.15, 0.2) is 66.9 Å². The highest BCUT2D eigenvalue weighted by Gasteiger charge is 2.08. The molecule has 3 rings (SSSR count). The van der Waals surface area contributed by atoms with Crippen molar-refractivity contribution < 1.29 is 14.2 Å². The van der Waals surface area contributed by atoms with Crippen LogP contribution in [0.5, 0.6) is 5.75 Å². The van der Waals surface area contributed by atoms with E-state index >= 15 is 0 Å². The van der Waals surface area contributed by atoms with Gasteiger partial charge in [-0.15, -0.1) is 0 Å². The van der Waals surface area contributed by atoms with Crippen LogP contribution < -0.4 is 0 Å². The Morgan fingerprint density at radius 1 is 1.00 bits per heavy atom. The van der Waals surface area contributed by atoms with Gasteiger partial charge >= 0.3 is 0 Å². The third kappa shape index (κ3) is 7.83. The molecule has 3 aromatic rings. The van der Waals surface area contributed by atoms with Crippen LogP contribution in [-0.2, 0) is 4.74 Å². The van der Waals surface area contributed by atoms with Gasteiger partial charge in [-0.1, -0.05) is 56.2 Å². The normalized spacial score (nSPS) is 12.3. The average Bonchev–Trinajstić information content (AvgIpc) is 2.82. The van der Waals surface area contributed by atoms with Crippen LogP contribution in [0.3, 0.4) is 0 Å². The third-order valence-corrected chi connectivity index (χ3v) is 5.68. The lowest BCUT2D eigenvalue weighted by atomic mass is 10.0. The zero-order valence-corrected chi connectivity index (χ0v) is 19.6. The van der Waals surface area contributed by atoms with Crippen molar-refractivity contribution in [3.63, 3.8) is 0 Å². The number of phenols is 1. The Morgan fingerprint density at radius 3 is 2.48 bits per heavy atom. The summed E-state index contributed by atoms with van der Waals surface area (Å²) in [6.07, 6.45) is 12.7. The Bertz CT molecular complexity index is 1010. The monoisotopic (exact) mass is 447 g/mol. The standard InChI is InChI=1S/C29H34FNO2/c1-3-4-8-19-33-22(2)9-6-5-7-10-23-11-17-27(28(30)20-23)29-18-14-25(21-31-29)24-12-15-26(32)16-13-24/h7,10-18,20-22,32H,3-6,8-9,19H2,1-2H3. The molecule has 0 aliphatic rings. The number of nitrogens with zero attached hydrogens (tertiary/aromatic N) is 1. The molecule has 1 unspecified atom stereocenters. The summed E-state index contributed by atoms with van der Waals surface area (Å²) in [7, 11) is 0. The van der Waals surface area contributed by atoms with Gasteiger partial charge in [0.2, 0.25) is 0 Å². The molecule has 2 aromatic carbocycles. The molecule has 0 aliphatic heterocycles. The minimum absolute atomic E-state index is 0.223. The van der Waals surface area contributed by atoms with Crippen LogP contribution in [0, 0.1) is 5.82 Å². The minimum Gasteiger partial charge on any atom is -0.508 e. The highest BCUT2D eigenvalue weighted by Crippen LogP contribution is 2.26. The van der Waals surface area contributed by atoms with Crippen LogP contribution in [0.1, 0.15) is 57.9 Å². The van der Waals surface area contributed by atoms with Crippen molar-refractivity contribution in [2.45, 2.75) is 58.5 Å². The molecule has 0 saturated carbocycles. The lowest BCUT2D eigenvalue weighted by molar-refractivity contribution is 0.0566. The van der Waals surface area contributed by atoms with E-state index in [2.05, 4.69) is 24.9 Å². The van der Waals surface area contributed by atoms with E-state index < -0.39 is 0 Å². The maximum Gasteiger partial charge on any atom is 0.133 e. The number of aromatic nitrogens is 1. The average molecular weight is 448 g/mol. The van der Waals surface area contributed by atoms with Gasteiger partial charge in [0.15, 0.2) is 0 Å². The van der Waals surface area contributed by atoms with Gasteiger partial charge in [0, 0.05) is 23.9 Å². The van der Waals surface area contributed by atoms with Gasteiger partial charge in [0.1, 0.15) is 11.6 Å². The summed E-state index contributed by atoms with van der Waals surface area (Å²) in [5.41, 5.74) is 3.79. The minimum atomic E-state index is -0.281. The number of halogens is 1. The second-order valence-corrected chi connectivity index (χ2v) is 8.44. The number of rotatable bonds is 12. The van der Waals surface area contributed by atoms with Crippen LogP contribution in [0.4, 0.5) is 4.39 Å². The SMILES string of the molecule is CCCCCOC(C)CCCC=Cc1ccc(-c2ccc(-c3ccc(O)cc3)cn2)c(F)c1. The molecule has 1 N–H and O–H groups in total. The number of benzene rings is 2. The van der Waals surface area contributed by atoms with Crippen molar-refractivity contribution in [1.82, 2.24) is 4.98 Å². The zero-order valence-electron chi connectivity index (χ0n) is 19.6. The quantitative estimate of drug-likeness (QED) is 0.286. The van der Waals surface area contributed by atoms with Gasteiger partial charge in [0.05, 0.1) is 11.8 Å². The van der Waals surface area contributed by atoms with Gasteiger partial charge < -0.3 is 9.84 Å². The van der Waals surface area contributed by atoms with Gasteiger partial charge in [0.25, 0.3) is 0 Å². The molecule has 33 heavy (non-hydrogen) atoms. The summed E-state index contributed by atoms with van der Waals surface area (Å²) in [6.45, 7) is 5.18. The van der Waals surface area contributed by atoms with Crippen LogP contribution in [0.25, 0.3) is 28.5 Å². The van der Waals surface area contributed by atoms with Gasteiger partial charge in [-0.05, 0) is 74.1 Å². The van der Waals surface area contributed by atoms with Gasteiger partial charge in [-0.25, -0.2) is 4.39 Å². The number of phenolic OH excluding ortho intramolecular Hbond substituents is 1. The van der Waals surface area contributed by atoms with Crippen molar-refractivity contribution >= 4 is 6.08 Å². The number of allylic oxidation sites excluding steroid dienone is 1. The molecule has 0 spiro atoms. The molecule has 1 atom stereocenters. The zero-order chi connectivity index (χ0) is 23.5. The largest absolute Gasteiger partial charge is 0.508 e. The summed E-state index contributed by atoms with van der Waals surface area (Å²) in [5.74, 6) is -0.0583. The summed E-state index contributed by atoms with van der Waals surface area (Å²) in [4.78, 5) is 4.44. The molecule has 1 heterocycles. The van der Waals surface area contributed by atoms with Crippen molar-refractivity contribution in [2.24, 2.45) is 0 Å². The molecule has 0 amide bonds. The number of aromatic hydroxyl groups is 1. The molecule has 174 valence electrons. The summed E-state index contributed by atoms with van der Waals surface area (Å²) >= 11 is 0. The summed E-state index contributed by atoms with van der Waals surface area (Å²) < 4.78 is 20.6. The number of hydrogen-bond acceptors (Lipinski definition) is 3. The number of pyridine rings is 1. The Hall–Kier alpha value is -2.98. The van der Waals surface area contributed by atoms with E-state index in [0.29, 0.717) is 17.4 Å². The fraction of sp³-hybridized carbons (Fsp3) is 0.345. The Labute approximate surface area is 197 Å². The predicted octanol–water partition coefficient (Wildman–Crippen LogP) is 8.04. The highest BCUT2D eigenvalue weighted by molar-refractivity contribution is 5.68. The first-order valence-corrected chi connectivity index (χ1v) is 11.9. The summed E-state index contributed by atoms with van der Waals surface area (Å²) in [5, 5.41) is 9.43. The number of hydrogen-bond donors (Lipinski definition) is 1. The fourth-order valence-corrected chi connectivity index (χ4v) is 3.68. The smallest absolute Gasteiger partial charge is 0.133 e. The van der Waals surface area contributed by atoms with E-state index in [1.807, 2.05) is 36.4 Å². The molecular weight excluding hydrogens is 413 g/mol. The fourth-order valence-electron chi connectivity index (χ4n) is 3.68. The molecule has 0 aliphatic carbocycles. The number of ether oxygens (including phenoxy) is 1. The second kappa shape index (κ2) is 12.9. The Balaban J connectivity index is 1.51. The van der Waals surface area contributed by atoms with Crippen molar-refractivity contribution in [3.8, 4) is 28.1 Å². The summed E-state index contributed by atoms with van der Waals surface area (Å²) in [6, 6.07) is 15.9. The van der Waals surface area contributed by atoms with Crippen LogP contribution in [0.2, 0.25) is 0 Å². The van der Waals surface area contributed by atoms with E-state index in [4.69, 9.17) is 4.74 Å². The molecular formula is C29H34FNO2. The first-order chi connectivity index (χ1) is 16.1. The van der Waals surface area contributed by atoms with E-state index in [0.717, 1.165) is 49.0 Å². The van der Waals surface area contributed by atoms with Gasteiger partial charge in [-0.2, -0.15) is 0 Å². The van der Waals surface area contributed by atoms with Crippen LogP contribution >= 0.6 is 0 Å². The maximum absolute atomic E-state index is 14.7. The molecule has 0 fully saturated rings. The molecule has 0 bridgehead atoms. The molecule has 4 heteroatoms. The van der Waals surface area contributed by atoms with E-state index in [-0.39, 0.29) is 11.6 Å². The van der Waals surface area contributed by atoms with Gasteiger partial charge in [-0.3, -0.25) is 4.98 Å². The lowest BCUT2D eigenvalue weighted by Gasteiger charge is -2.12. The molecule has 0 radical (unpaired) electrons. The maximum atomic E-state index is 14.7. The lowest BCUT2D eigenvalue weighted by Crippen LogP contribution is -2.08. The Morgan fingerprint density at radius 2 is 1.79 bits per heavy atom. The first kappa shape index (κ1) is 24.7. The Kier molecular flexibility index (Phi) is 9.64. The molecule has 1 aromatic heterocycles. The first-order valence-electron chi connectivity index (χ1n) is 11.9. The molecule has 3 nitrogen and oxygen atoms in total. The van der Waals surface area contributed by atoms with Crippen LogP contribution in [-0.4, -0.2) is 22.8 Å². The van der Waals surface area contributed by atoms with Crippen molar-refractivity contribution in [3.05, 3.63) is 78.3 Å². The second-order valence-electron chi connectivity index (χ2n) is 8.44. The number of unbranched alkanes of at least 4 members (excludes halogenated alkanes) is 3. The highest BCUT2D eigenvalue weighted by atomic mass is 19.1. The van der Waals surface area contributed by atoms with Crippen molar-refractivity contribution in [2.75, 3.05) is 6.61 Å². The van der Waals surface area contributed by atoms with E-state index in [9.17, 15) is 9.50 Å². The third-order valence-electron chi connectivity index (χ3n) is 5.68.